The maximum Gasteiger partial charge on any atom is 0.186 e. The minimum atomic E-state index is -1.47. The number of hydrogen-bond donors (Lipinski definition) is 8. The van der Waals surface area contributed by atoms with Crippen LogP contribution in [0.5, 0.6) is 0 Å². The van der Waals surface area contributed by atoms with Crippen molar-refractivity contribution in [2.45, 2.75) is 127 Å². The molecule has 39 heavy (non-hydrogen) atoms. The van der Waals surface area contributed by atoms with Crippen LogP contribution in [0.25, 0.3) is 0 Å². The number of hydrogen-bond acceptors (Lipinski definition) is 12. The molecule has 8 N–H and O–H groups in total. The van der Waals surface area contributed by atoms with Crippen LogP contribution in [0.3, 0.4) is 0 Å². The molecule has 0 radical (unpaired) electrons. The van der Waals surface area contributed by atoms with Crippen molar-refractivity contribution in [3.63, 3.8) is 0 Å². The van der Waals surface area contributed by atoms with Gasteiger partial charge in [-0.2, -0.15) is 0 Å². The fraction of sp³-hybridized carbons (Fsp3) is 1.00. The van der Waals surface area contributed by atoms with Gasteiger partial charge in [-0.05, 0) is 54.8 Å². The van der Waals surface area contributed by atoms with Gasteiger partial charge in [-0.1, -0.05) is 27.2 Å². The molecular weight excluding hydrogens is 516 g/mol. The fourth-order valence-electron chi connectivity index (χ4n) is 7.37. The maximum atomic E-state index is 10.5. The van der Waals surface area contributed by atoms with E-state index >= 15 is 0 Å². The molecule has 15 atom stereocenters. The van der Waals surface area contributed by atoms with Gasteiger partial charge >= 0.3 is 0 Å². The first-order valence-electron chi connectivity index (χ1n) is 14.3. The van der Waals surface area contributed by atoms with Gasteiger partial charge in [-0.3, -0.25) is 0 Å². The van der Waals surface area contributed by atoms with Gasteiger partial charge in [0.15, 0.2) is 12.6 Å². The van der Waals surface area contributed by atoms with E-state index in [0.29, 0.717) is 5.92 Å². The van der Waals surface area contributed by atoms with Crippen LogP contribution in [0.15, 0.2) is 0 Å². The summed E-state index contributed by atoms with van der Waals surface area (Å²) in [7, 11) is 0. The van der Waals surface area contributed by atoms with E-state index in [-0.39, 0.29) is 29.5 Å². The Morgan fingerprint density at radius 3 is 1.97 bits per heavy atom. The van der Waals surface area contributed by atoms with Gasteiger partial charge in [0.05, 0.1) is 25.9 Å². The van der Waals surface area contributed by atoms with Crippen molar-refractivity contribution in [3.05, 3.63) is 0 Å². The van der Waals surface area contributed by atoms with E-state index in [2.05, 4.69) is 13.8 Å². The smallest absolute Gasteiger partial charge is 0.186 e. The van der Waals surface area contributed by atoms with Crippen molar-refractivity contribution in [2.24, 2.45) is 22.7 Å². The molecule has 12 nitrogen and oxygen atoms in total. The Balaban J connectivity index is 1.28. The largest absolute Gasteiger partial charge is 0.394 e. The van der Waals surface area contributed by atoms with Crippen molar-refractivity contribution in [3.8, 4) is 0 Å². The third-order valence-corrected chi connectivity index (χ3v) is 10.4. The van der Waals surface area contributed by atoms with Crippen LogP contribution in [0.2, 0.25) is 0 Å². The second-order valence-corrected chi connectivity index (χ2v) is 12.7. The van der Waals surface area contributed by atoms with E-state index in [1.165, 1.54) is 0 Å². The van der Waals surface area contributed by atoms with Crippen LogP contribution in [-0.2, 0) is 18.9 Å². The van der Waals surface area contributed by atoms with Crippen molar-refractivity contribution >= 4 is 0 Å². The standard InChI is InChI=1S/C27H48O12/c1-13(12-36-24-22(34)20(32)18(30)15(10-28)37-24)5-4-7-26(2)14-6-8-27(26,3)17(9-14)39-25-23(35)21(33)19(31)16(11-29)38-25/h13-25,28-35H,4-12H2,1-3H3/t13?,14?,15-,16+,17?,18-,19+,20+,21-,22-,23+,24-,25-,26?,27?/m0/s1. The zero-order valence-electron chi connectivity index (χ0n) is 23.1. The monoisotopic (exact) mass is 564 g/mol. The van der Waals surface area contributed by atoms with Crippen LogP contribution in [-0.4, -0.2) is 128 Å². The SMILES string of the molecule is CC(CCCC1(C)C2CCC1(C)C(O[C@@H]1O[C@H](CO)[C@@H](O)[C@H](O)[C@H]1O)C2)CO[C@H]1O[C@@H](CO)[C@H](O)[C@@H](O)[C@@H]1O. The molecule has 2 heterocycles. The highest BCUT2D eigenvalue weighted by atomic mass is 16.7. The van der Waals surface area contributed by atoms with Crippen molar-refractivity contribution < 1.29 is 59.8 Å². The van der Waals surface area contributed by atoms with Gasteiger partial charge in [0.2, 0.25) is 0 Å². The number of fused-ring (bicyclic) bond motifs is 2. The summed E-state index contributed by atoms with van der Waals surface area (Å²) < 4.78 is 23.0. The van der Waals surface area contributed by atoms with E-state index in [0.717, 1.165) is 38.5 Å². The van der Waals surface area contributed by atoms with E-state index in [1.807, 2.05) is 6.92 Å². The minimum Gasteiger partial charge on any atom is -0.394 e. The lowest BCUT2D eigenvalue weighted by Gasteiger charge is -2.45. The summed E-state index contributed by atoms with van der Waals surface area (Å²) in [6.45, 7) is 5.81. The van der Waals surface area contributed by atoms with Crippen LogP contribution >= 0.6 is 0 Å². The lowest BCUT2D eigenvalue weighted by Crippen LogP contribution is -2.60. The maximum absolute atomic E-state index is 10.5. The summed E-state index contributed by atoms with van der Waals surface area (Å²) >= 11 is 0. The quantitative estimate of drug-likeness (QED) is 0.147. The van der Waals surface area contributed by atoms with Crippen LogP contribution in [0.1, 0.15) is 59.3 Å². The second-order valence-electron chi connectivity index (χ2n) is 12.7. The van der Waals surface area contributed by atoms with Crippen molar-refractivity contribution in [1.29, 1.82) is 0 Å². The Morgan fingerprint density at radius 2 is 1.38 bits per heavy atom. The molecule has 2 bridgehead atoms. The van der Waals surface area contributed by atoms with E-state index in [9.17, 15) is 40.9 Å². The molecule has 4 fully saturated rings. The Hall–Kier alpha value is -0.480. The van der Waals surface area contributed by atoms with Gasteiger partial charge < -0.3 is 59.8 Å². The second kappa shape index (κ2) is 12.4. The summed E-state index contributed by atoms with van der Waals surface area (Å²) in [5.74, 6) is 0.562. The molecule has 0 aromatic carbocycles. The average molecular weight is 565 g/mol. The molecule has 12 heteroatoms. The first kappa shape index (κ1) is 31.5. The van der Waals surface area contributed by atoms with E-state index in [4.69, 9.17) is 18.9 Å². The molecule has 228 valence electrons. The molecule has 2 saturated carbocycles. The molecule has 2 saturated heterocycles. The van der Waals surface area contributed by atoms with E-state index < -0.39 is 74.6 Å². The molecule has 0 amide bonds. The van der Waals surface area contributed by atoms with Gasteiger partial charge in [0.25, 0.3) is 0 Å². The zero-order valence-corrected chi connectivity index (χ0v) is 23.1. The van der Waals surface area contributed by atoms with Gasteiger partial charge in [-0.15, -0.1) is 0 Å². The summed E-state index contributed by atoms with van der Waals surface area (Å²) in [6, 6.07) is 0. The number of aliphatic hydroxyl groups is 8. The van der Waals surface area contributed by atoms with Crippen LogP contribution < -0.4 is 0 Å². The molecule has 2 aliphatic carbocycles. The highest BCUT2D eigenvalue weighted by Crippen LogP contribution is 2.68. The predicted octanol–water partition coefficient (Wildman–Crippen LogP) is -1.38. The minimum absolute atomic E-state index is 0.0103. The first-order chi connectivity index (χ1) is 18.4. The Bertz CT molecular complexity index is 799. The summed E-state index contributed by atoms with van der Waals surface area (Å²) in [6.07, 6.45) is -7.49. The average Bonchev–Trinajstić information content (AvgIpc) is 3.27. The highest BCUT2D eigenvalue weighted by Gasteiger charge is 2.64. The lowest BCUT2D eigenvalue weighted by atomic mass is 9.65. The third-order valence-electron chi connectivity index (χ3n) is 10.4. The number of aliphatic hydroxyl groups excluding tert-OH is 8. The molecule has 0 aromatic rings. The highest BCUT2D eigenvalue weighted by molar-refractivity contribution is 5.13. The summed E-state index contributed by atoms with van der Waals surface area (Å²) in [5, 5.41) is 79.6. The summed E-state index contributed by atoms with van der Waals surface area (Å²) in [4.78, 5) is 0. The Kier molecular flexibility index (Phi) is 10.0. The van der Waals surface area contributed by atoms with Gasteiger partial charge in [0.1, 0.15) is 48.8 Å². The summed E-state index contributed by atoms with van der Waals surface area (Å²) in [5.41, 5.74) is -0.184. The molecule has 4 rings (SSSR count). The Morgan fingerprint density at radius 1 is 0.821 bits per heavy atom. The number of ether oxygens (including phenoxy) is 4. The Labute approximate surface area is 229 Å². The van der Waals surface area contributed by atoms with Crippen LogP contribution in [0.4, 0.5) is 0 Å². The molecule has 5 unspecified atom stereocenters. The fourth-order valence-corrected chi connectivity index (χ4v) is 7.37. The first-order valence-corrected chi connectivity index (χ1v) is 14.3. The van der Waals surface area contributed by atoms with Crippen LogP contribution in [0, 0.1) is 22.7 Å². The molecular formula is C27H48O12. The van der Waals surface area contributed by atoms with E-state index in [1.54, 1.807) is 0 Å². The molecule has 2 aliphatic heterocycles. The molecule has 0 spiro atoms. The normalized spacial score (nSPS) is 50.8. The van der Waals surface area contributed by atoms with Gasteiger partial charge in [-0.25, -0.2) is 0 Å². The predicted molar refractivity (Wildman–Crippen MR) is 135 cm³/mol. The van der Waals surface area contributed by atoms with Crippen molar-refractivity contribution in [2.75, 3.05) is 19.8 Å². The molecule has 0 aromatic heterocycles. The van der Waals surface area contributed by atoms with Crippen molar-refractivity contribution in [1.82, 2.24) is 0 Å². The zero-order chi connectivity index (χ0) is 28.7. The third kappa shape index (κ3) is 5.78. The number of rotatable bonds is 11. The lowest BCUT2D eigenvalue weighted by molar-refractivity contribution is -0.319. The topological polar surface area (TPSA) is 199 Å². The molecule has 4 aliphatic rings. The van der Waals surface area contributed by atoms with Gasteiger partial charge in [0, 0.05) is 0 Å².